The summed E-state index contributed by atoms with van der Waals surface area (Å²) in [7, 11) is 3.03. The first kappa shape index (κ1) is 13.8. The van der Waals surface area contributed by atoms with Crippen molar-refractivity contribution in [2.75, 3.05) is 11.9 Å². The Morgan fingerprint density at radius 1 is 1.26 bits per heavy atom. The van der Waals surface area contributed by atoms with Gasteiger partial charge in [-0.25, -0.2) is 9.48 Å². The van der Waals surface area contributed by atoms with Gasteiger partial charge in [-0.2, -0.15) is 0 Å². The molecule has 19 heavy (non-hydrogen) atoms. The first-order valence-corrected chi connectivity index (χ1v) is 6.87. The van der Waals surface area contributed by atoms with Crippen LogP contribution in [0.25, 0.3) is 0 Å². The number of hydrogen-bond acceptors (Lipinski definition) is 4. The molecule has 0 aliphatic heterocycles. The zero-order chi connectivity index (χ0) is 14.0. The monoisotopic (exact) mass is 266 g/mol. The van der Waals surface area contributed by atoms with E-state index in [1.807, 2.05) is 0 Å². The number of nitrogens with one attached hydrogen (secondary N) is 1. The van der Waals surface area contributed by atoms with Crippen molar-refractivity contribution < 1.29 is 0 Å². The van der Waals surface area contributed by atoms with Crippen molar-refractivity contribution in [3.05, 3.63) is 20.8 Å². The number of hydrogen-bond donors (Lipinski definition) is 1. The molecule has 0 aromatic carbocycles. The van der Waals surface area contributed by atoms with Crippen LogP contribution in [0.2, 0.25) is 0 Å². The average molecular weight is 266 g/mol. The van der Waals surface area contributed by atoms with E-state index in [-0.39, 0.29) is 16.8 Å². The summed E-state index contributed by atoms with van der Waals surface area (Å²) in [5, 5.41) is 7.17. The van der Waals surface area contributed by atoms with Crippen molar-refractivity contribution in [2.24, 2.45) is 19.5 Å². The fraction of sp³-hybridized carbons (Fsp3) is 0.769. The van der Waals surface area contributed by atoms with Gasteiger partial charge in [-0.05, 0) is 24.7 Å². The molecule has 1 aliphatic carbocycles. The highest BCUT2D eigenvalue weighted by molar-refractivity contribution is 5.30. The van der Waals surface area contributed by atoms with Gasteiger partial charge in [0.15, 0.2) is 0 Å². The van der Waals surface area contributed by atoms with E-state index in [1.165, 1.54) is 37.4 Å². The van der Waals surface area contributed by atoms with Crippen molar-refractivity contribution in [2.45, 2.75) is 39.0 Å². The summed E-state index contributed by atoms with van der Waals surface area (Å²) in [5.41, 5.74) is -0.476. The van der Waals surface area contributed by atoms with Crippen LogP contribution < -0.4 is 16.6 Å². The van der Waals surface area contributed by atoms with E-state index in [0.717, 1.165) is 17.5 Å². The molecule has 6 heteroatoms. The van der Waals surface area contributed by atoms with Crippen LogP contribution >= 0.6 is 0 Å². The Balaban J connectivity index is 2.21. The van der Waals surface area contributed by atoms with Crippen LogP contribution in [-0.2, 0) is 14.1 Å². The summed E-state index contributed by atoms with van der Waals surface area (Å²) < 4.78 is 2.28. The topological polar surface area (TPSA) is 68.9 Å². The van der Waals surface area contributed by atoms with Crippen LogP contribution in [0.3, 0.4) is 0 Å². The predicted molar refractivity (Wildman–Crippen MR) is 74.4 cm³/mol. The molecule has 6 nitrogen and oxygen atoms in total. The molecule has 0 radical (unpaired) electrons. The van der Waals surface area contributed by atoms with E-state index in [9.17, 15) is 9.59 Å². The molecule has 0 saturated heterocycles. The Morgan fingerprint density at radius 3 is 2.47 bits per heavy atom. The summed E-state index contributed by atoms with van der Waals surface area (Å²) in [6.45, 7) is 2.95. The lowest BCUT2D eigenvalue weighted by Gasteiger charge is -2.27. The third-order valence-corrected chi connectivity index (χ3v) is 4.37. The number of nitrogens with zero attached hydrogens (tertiary/aromatic N) is 3. The predicted octanol–water partition coefficient (Wildman–Crippen LogP) is 0.861. The lowest BCUT2D eigenvalue weighted by Crippen LogP contribution is -2.41. The molecule has 1 aromatic heterocycles. The number of rotatable bonds is 4. The minimum absolute atomic E-state index is 0.268. The second-order valence-corrected chi connectivity index (χ2v) is 5.53. The van der Waals surface area contributed by atoms with Crippen LogP contribution in [0.1, 0.15) is 39.0 Å². The van der Waals surface area contributed by atoms with Crippen LogP contribution in [0.5, 0.6) is 0 Å². The second kappa shape index (κ2) is 5.19. The van der Waals surface area contributed by atoms with Gasteiger partial charge >= 0.3 is 5.69 Å². The Morgan fingerprint density at radius 2 is 1.89 bits per heavy atom. The van der Waals surface area contributed by atoms with Crippen molar-refractivity contribution in [1.29, 1.82) is 0 Å². The highest BCUT2D eigenvalue weighted by Gasteiger charge is 2.32. The van der Waals surface area contributed by atoms with Gasteiger partial charge in [-0.1, -0.05) is 19.8 Å². The maximum absolute atomic E-state index is 12.0. The molecule has 1 saturated carbocycles. The smallest absolute Gasteiger partial charge is 0.346 e. The van der Waals surface area contributed by atoms with E-state index in [0.29, 0.717) is 0 Å². The summed E-state index contributed by atoms with van der Waals surface area (Å²) in [6, 6.07) is 0. The minimum atomic E-state index is -0.401. The number of aryl methyl sites for hydroxylation is 1. The molecule has 0 spiro atoms. The zero-order valence-corrected chi connectivity index (χ0v) is 11.9. The van der Waals surface area contributed by atoms with Crippen LogP contribution in [0.15, 0.2) is 9.59 Å². The molecule has 1 aromatic rings. The Labute approximate surface area is 112 Å². The Hall–Kier alpha value is -1.59. The van der Waals surface area contributed by atoms with Gasteiger partial charge in [0.2, 0.25) is 5.82 Å². The van der Waals surface area contributed by atoms with Crippen LogP contribution in [0, 0.1) is 5.41 Å². The zero-order valence-electron chi connectivity index (χ0n) is 11.9. The summed E-state index contributed by atoms with van der Waals surface area (Å²) in [6.07, 6.45) is 6.01. The average Bonchev–Trinajstić information content (AvgIpc) is 2.88. The van der Waals surface area contributed by atoms with E-state index in [4.69, 9.17) is 0 Å². The molecule has 1 heterocycles. The molecule has 1 N–H and O–H groups in total. The van der Waals surface area contributed by atoms with Crippen molar-refractivity contribution in [3.63, 3.8) is 0 Å². The quantitative estimate of drug-likeness (QED) is 0.877. The SMILES string of the molecule is CCC1(CNc2nn(C)c(=O)n(C)c2=O)CCCC1. The number of anilines is 1. The molecule has 1 aliphatic rings. The van der Waals surface area contributed by atoms with Gasteiger partial charge in [0.05, 0.1) is 0 Å². The van der Waals surface area contributed by atoms with Gasteiger partial charge in [0.25, 0.3) is 5.56 Å². The molecule has 106 valence electrons. The maximum Gasteiger partial charge on any atom is 0.346 e. The van der Waals surface area contributed by atoms with Crippen molar-refractivity contribution >= 4 is 5.82 Å². The van der Waals surface area contributed by atoms with Crippen LogP contribution in [0.4, 0.5) is 5.82 Å². The minimum Gasteiger partial charge on any atom is -0.363 e. The second-order valence-electron chi connectivity index (χ2n) is 5.53. The van der Waals surface area contributed by atoms with E-state index >= 15 is 0 Å². The lowest BCUT2D eigenvalue weighted by atomic mass is 9.83. The van der Waals surface area contributed by atoms with Gasteiger partial charge < -0.3 is 5.32 Å². The molecular formula is C13H22N4O2. The molecular weight excluding hydrogens is 244 g/mol. The first-order chi connectivity index (χ1) is 8.99. The van der Waals surface area contributed by atoms with Gasteiger partial charge in [0, 0.05) is 20.6 Å². The summed E-state index contributed by atoms with van der Waals surface area (Å²) >= 11 is 0. The standard InChI is InChI=1S/C13H22N4O2/c1-4-13(7-5-6-8-13)9-14-10-11(18)16(2)12(19)17(3)15-10/h4-9H2,1-3H3,(H,14,15). The lowest BCUT2D eigenvalue weighted by molar-refractivity contribution is 0.306. The normalized spacial score (nSPS) is 17.6. The number of aromatic nitrogens is 3. The molecule has 2 rings (SSSR count). The molecule has 0 bridgehead atoms. The highest BCUT2D eigenvalue weighted by Crippen LogP contribution is 2.40. The van der Waals surface area contributed by atoms with Gasteiger partial charge in [-0.15, -0.1) is 5.10 Å². The summed E-state index contributed by atoms with van der Waals surface area (Å²) in [5.74, 6) is 0.268. The van der Waals surface area contributed by atoms with Crippen molar-refractivity contribution in [3.8, 4) is 0 Å². The third-order valence-electron chi connectivity index (χ3n) is 4.37. The third kappa shape index (κ3) is 2.57. The summed E-state index contributed by atoms with van der Waals surface area (Å²) in [4.78, 5) is 23.5. The fourth-order valence-corrected chi connectivity index (χ4v) is 2.86. The molecule has 0 atom stereocenters. The van der Waals surface area contributed by atoms with Gasteiger partial charge in [-0.3, -0.25) is 9.36 Å². The van der Waals surface area contributed by atoms with E-state index in [1.54, 1.807) is 7.05 Å². The molecule has 0 amide bonds. The fourth-order valence-electron chi connectivity index (χ4n) is 2.86. The van der Waals surface area contributed by atoms with E-state index in [2.05, 4.69) is 17.3 Å². The van der Waals surface area contributed by atoms with Gasteiger partial charge in [0.1, 0.15) is 0 Å². The van der Waals surface area contributed by atoms with E-state index < -0.39 is 5.69 Å². The van der Waals surface area contributed by atoms with Crippen molar-refractivity contribution in [1.82, 2.24) is 14.3 Å². The Bertz CT molecular complexity index is 567. The maximum atomic E-state index is 12.0. The largest absolute Gasteiger partial charge is 0.363 e. The Kier molecular flexibility index (Phi) is 3.78. The van der Waals surface area contributed by atoms with Crippen LogP contribution in [-0.4, -0.2) is 20.9 Å². The highest BCUT2D eigenvalue weighted by atomic mass is 16.2. The molecule has 0 unspecified atom stereocenters. The molecule has 1 fully saturated rings. The first-order valence-electron chi connectivity index (χ1n) is 6.87.